The van der Waals surface area contributed by atoms with Crippen LogP contribution in [0.3, 0.4) is 0 Å². The first kappa shape index (κ1) is 40.6. The van der Waals surface area contributed by atoms with Gasteiger partial charge in [0, 0.05) is 57.3 Å². The summed E-state index contributed by atoms with van der Waals surface area (Å²) in [5, 5.41) is 4.90. The van der Waals surface area contributed by atoms with E-state index < -0.39 is 0 Å². The zero-order valence-corrected chi connectivity index (χ0v) is 36.1. The van der Waals surface area contributed by atoms with E-state index in [0.717, 1.165) is 62.4 Å². The molecule has 324 valence electrons. The molecule has 68 heavy (non-hydrogen) atoms. The lowest BCUT2D eigenvalue weighted by Gasteiger charge is -2.33. The van der Waals surface area contributed by atoms with E-state index in [1.165, 1.54) is 43.5 Å². The molecule has 2 aliphatic rings. The third kappa shape index (κ3) is 6.91. The van der Waals surface area contributed by atoms with E-state index in [-0.39, 0.29) is 14.1 Å². The molecule has 2 aromatic heterocycles. The molecule has 0 amide bonds. The van der Waals surface area contributed by atoms with Crippen molar-refractivity contribution in [2.75, 3.05) is 0 Å². The first-order chi connectivity index (χ1) is 33.2. The monoisotopic (exact) mass is 878 g/mol. The van der Waals surface area contributed by atoms with E-state index in [1.54, 1.807) is 0 Å². The van der Waals surface area contributed by atoms with E-state index in [1.807, 2.05) is 78.9 Å². The third-order valence-corrected chi connectivity index (χ3v) is 12.8. The van der Waals surface area contributed by atoms with E-state index in [9.17, 15) is 0 Å². The summed E-state index contributed by atoms with van der Waals surface area (Å²) in [4.78, 5) is 0. The summed E-state index contributed by atoms with van der Waals surface area (Å²) in [5.41, 5.74) is 10.1. The molecule has 0 bridgehead atoms. The van der Waals surface area contributed by atoms with Crippen molar-refractivity contribution in [3.8, 4) is 57.4 Å². The first-order valence-corrected chi connectivity index (χ1v) is 22.5. The molecular formula is C61H43BN2O4. The largest absolute Gasteiger partial charge is 0.458 e. The van der Waals surface area contributed by atoms with E-state index in [2.05, 4.69) is 167 Å². The number of fused-ring (bicyclic) bond motifs is 10. The van der Waals surface area contributed by atoms with Crippen LogP contribution in [-0.4, -0.2) is 15.8 Å². The molecule has 0 spiro atoms. The summed E-state index contributed by atoms with van der Waals surface area (Å²) >= 11 is 0. The predicted molar refractivity (Wildman–Crippen MR) is 279 cm³/mol. The Morgan fingerprint density at radius 3 is 1.06 bits per heavy atom. The SMILES string of the molecule is C.c1ccc(Oc2cc(Oc3ccccc3)cc(-n3c4ccccc4c4ccccc43)c2)cc1.c1ccc2c(c1)Oc1cc(-n3c4ccccc4c4ccccc43)cc3c1B2c1ccccc1O3. The van der Waals surface area contributed by atoms with Crippen molar-refractivity contribution in [3.63, 3.8) is 0 Å². The number of nitrogens with zero attached hydrogens (tertiary/aromatic N) is 2. The maximum atomic E-state index is 6.51. The lowest BCUT2D eigenvalue weighted by atomic mass is 9.35. The standard InChI is InChI=1S/C30H18BNO2.C30H21NO2.CH4/c1-5-13-24-20(9-1)21-10-2-6-14-25(21)32(24)19-17-28-30-29(18-19)34-27-16-8-4-12-23(27)31(30)22-11-3-7-15-26(22)33-28;1-3-11-23(12-4-1)32-25-19-22(20-26(21-25)33-24-13-5-2-6-14-24)31-29-17-9-7-15-27(29)28-16-8-10-18-30(28)31;/h1-18H;1-21H;1H4. The number of hydrogen-bond acceptors (Lipinski definition) is 4. The minimum Gasteiger partial charge on any atom is -0.458 e. The van der Waals surface area contributed by atoms with Gasteiger partial charge in [-0.2, -0.15) is 0 Å². The van der Waals surface area contributed by atoms with Crippen molar-refractivity contribution in [2.24, 2.45) is 0 Å². The quantitative estimate of drug-likeness (QED) is 0.156. The van der Waals surface area contributed by atoms with Crippen molar-refractivity contribution in [1.29, 1.82) is 0 Å². The fourth-order valence-electron chi connectivity index (χ4n) is 9.96. The Hall–Kier alpha value is -8.94. The Morgan fingerprint density at radius 2 is 0.647 bits per heavy atom. The fourth-order valence-corrected chi connectivity index (χ4v) is 9.96. The molecular weight excluding hydrogens is 835 g/mol. The van der Waals surface area contributed by atoms with Crippen LogP contribution >= 0.6 is 0 Å². The summed E-state index contributed by atoms with van der Waals surface area (Å²) in [6.45, 7) is 0.0899. The zero-order chi connectivity index (χ0) is 44.3. The molecule has 4 heterocycles. The molecule has 14 rings (SSSR count). The van der Waals surface area contributed by atoms with Crippen LogP contribution in [0.5, 0.6) is 46.0 Å². The molecule has 2 aliphatic heterocycles. The van der Waals surface area contributed by atoms with Gasteiger partial charge in [0.25, 0.3) is 6.71 Å². The third-order valence-electron chi connectivity index (χ3n) is 12.8. The molecule has 0 saturated heterocycles. The second kappa shape index (κ2) is 16.8. The second-order valence-corrected chi connectivity index (χ2v) is 16.8. The van der Waals surface area contributed by atoms with Crippen LogP contribution in [0.25, 0.3) is 55.0 Å². The van der Waals surface area contributed by atoms with Crippen molar-refractivity contribution in [2.45, 2.75) is 7.43 Å². The summed E-state index contributed by atoms with van der Waals surface area (Å²) in [7, 11) is 0. The van der Waals surface area contributed by atoms with Crippen LogP contribution in [0.2, 0.25) is 0 Å². The Kier molecular flexibility index (Phi) is 10.0. The highest BCUT2D eigenvalue weighted by atomic mass is 16.5. The highest BCUT2D eigenvalue weighted by molar-refractivity contribution is 6.98. The van der Waals surface area contributed by atoms with Gasteiger partial charge in [-0.05, 0) is 71.6 Å². The van der Waals surface area contributed by atoms with Crippen LogP contribution in [-0.2, 0) is 0 Å². The van der Waals surface area contributed by atoms with Gasteiger partial charge in [0.2, 0.25) is 0 Å². The predicted octanol–water partition coefficient (Wildman–Crippen LogP) is 14.5. The highest BCUT2D eigenvalue weighted by Crippen LogP contribution is 2.40. The molecule has 10 aromatic carbocycles. The van der Waals surface area contributed by atoms with E-state index >= 15 is 0 Å². The lowest BCUT2D eigenvalue weighted by molar-refractivity contribution is 0.460. The average molecular weight is 879 g/mol. The molecule has 7 heteroatoms. The minimum atomic E-state index is 0. The Balaban J connectivity index is 0.000000139. The topological polar surface area (TPSA) is 46.8 Å². The van der Waals surface area contributed by atoms with Crippen LogP contribution < -0.4 is 35.3 Å². The maximum absolute atomic E-state index is 6.51. The van der Waals surface area contributed by atoms with Crippen LogP contribution in [0.15, 0.2) is 237 Å². The van der Waals surface area contributed by atoms with Gasteiger partial charge in [-0.25, -0.2) is 0 Å². The number of benzene rings is 10. The fraction of sp³-hybridized carbons (Fsp3) is 0.0164. The highest BCUT2D eigenvalue weighted by Gasteiger charge is 2.40. The maximum Gasteiger partial charge on any atom is 0.260 e. The summed E-state index contributed by atoms with van der Waals surface area (Å²) in [6.07, 6.45) is 0. The second-order valence-electron chi connectivity index (χ2n) is 16.8. The van der Waals surface area contributed by atoms with Gasteiger partial charge in [-0.1, -0.05) is 153 Å². The molecule has 0 atom stereocenters. The van der Waals surface area contributed by atoms with Gasteiger partial charge in [-0.3, -0.25) is 0 Å². The smallest absolute Gasteiger partial charge is 0.260 e. The van der Waals surface area contributed by atoms with Gasteiger partial charge < -0.3 is 28.1 Å². The molecule has 0 aliphatic carbocycles. The molecule has 0 saturated carbocycles. The number of ether oxygens (including phenoxy) is 4. The Bertz CT molecular complexity index is 3610. The van der Waals surface area contributed by atoms with Crippen LogP contribution in [0.4, 0.5) is 0 Å². The first-order valence-electron chi connectivity index (χ1n) is 22.5. The van der Waals surface area contributed by atoms with Crippen molar-refractivity contribution in [1.82, 2.24) is 9.13 Å². The van der Waals surface area contributed by atoms with Gasteiger partial charge in [0.05, 0.1) is 33.4 Å². The zero-order valence-electron chi connectivity index (χ0n) is 36.1. The normalized spacial score (nSPS) is 11.9. The molecule has 0 N–H and O–H groups in total. The number of hydrogen-bond donors (Lipinski definition) is 0. The van der Waals surface area contributed by atoms with Crippen molar-refractivity contribution in [3.05, 3.63) is 237 Å². The molecule has 6 nitrogen and oxygen atoms in total. The van der Waals surface area contributed by atoms with Crippen LogP contribution in [0, 0.1) is 0 Å². The van der Waals surface area contributed by atoms with Gasteiger partial charge in [-0.15, -0.1) is 0 Å². The number of rotatable bonds is 6. The number of aromatic nitrogens is 2. The van der Waals surface area contributed by atoms with E-state index in [4.69, 9.17) is 18.9 Å². The van der Waals surface area contributed by atoms with Gasteiger partial charge in [0.15, 0.2) is 0 Å². The molecule has 12 aromatic rings. The molecule has 0 unspecified atom stereocenters. The average Bonchev–Trinajstić information content (AvgIpc) is 3.90. The molecule has 0 fully saturated rings. The summed E-state index contributed by atoms with van der Waals surface area (Å²) in [6, 6.07) is 80.7. The van der Waals surface area contributed by atoms with Gasteiger partial charge in [0.1, 0.15) is 46.0 Å². The minimum absolute atomic E-state index is 0. The molecule has 0 radical (unpaired) electrons. The Morgan fingerprint density at radius 1 is 0.309 bits per heavy atom. The van der Waals surface area contributed by atoms with Crippen LogP contribution in [0.1, 0.15) is 7.43 Å². The summed E-state index contributed by atoms with van der Waals surface area (Å²) in [5.74, 6) is 6.51. The van der Waals surface area contributed by atoms with E-state index in [0.29, 0.717) is 11.5 Å². The van der Waals surface area contributed by atoms with Gasteiger partial charge >= 0.3 is 0 Å². The van der Waals surface area contributed by atoms with Crippen molar-refractivity contribution < 1.29 is 18.9 Å². The lowest BCUT2D eigenvalue weighted by Crippen LogP contribution is -2.57. The number of para-hydroxylation sites is 8. The van der Waals surface area contributed by atoms with Crippen molar-refractivity contribution >= 4 is 66.7 Å². The summed E-state index contributed by atoms with van der Waals surface area (Å²) < 4.78 is 30.0. The Labute approximate surface area is 394 Å².